The molecular weight excluding hydrogens is 1030 g/mol. The second kappa shape index (κ2) is 54.0. The maximum atomic E-state index is 12.6. The molecule has 0 aliphatic carbocycles. The summed E-state index contributed by atoms with van der Waals surface area (Å²) < 4.78 is 16.1. The minimum Gasteiger partial charge on any atom is -0.0654 e. The number of unbranched alkanes of at least 4 members (excludes halogenated alkanes) is 21. The Kier molecular flexibility index (Phi) is 50.3. The Bertz CT molecular complexity index is 1480. The first-order valence-electron chi connectivity index (χ1n) is 25.5. The van der Waals surface area contributed by atoms with Gasteiger partial charge in [0.15, 0.2) is 0 Å². The molecule has 0 aromatic rings. The fourth-order valence-electron chi connectivity index (χ4n) is 6.11. The summed E-state index contributed by atoms with van der Waals surface area (Å²) in [4.78, 5) is 37.9. The summed E-state index contributed by atoms with van der Waals surface area (Å²) in [5, 5.41) is 0. The Morgan fingerprint density at radius 2 is 0.463 bits per heavy atom. The van der Waals surface area contributed by atoms with Crippen molar-refractivity contribution in [3.05, 3.63) is 182 Å². The van der Waals surface area contributed by atoms with Crippen LogP contribution in [0.3, 0.4) is 0 Å². The molecule has 0 amide bonds. The predicted molar refractivity (Wildman–Crippen MR) is 289 cm³/mol. The third-order valence-electron chi connectivity index (χ3n) is 9.86. The Labute approximate surface area is 418 Å². The summed E-state index contributed by atoms with van der Waals surface area (Å²) in [5.74, 6) is -2.33. The Morgan fingerprint density at radius 3 is 0.701 bits per heavy atom. The van der Waals surface area contributed by atoms with E-state index in [4.69, 9.17) is 8.44 Å². The van der Waals surface area contributed by atoms with Crippen molar-refractivity contribution in [2.24, 2.45) is 0 Å². The summed E-state index contributed by atoms with van der Waals surface area (Å²) >= 11 is -4.34. The first kappa shape index (κ1) is 62.4. The second-order valence-electron chi connectivity index (χ2n) is 16.0. The van der Waals surface area contributed by atoms with Crippen LogP contribution < -0.4 is 0 Å². The quantitative estimate of drug-likeness (QED) is 0.0262. The fourth-order valence-corrected chi connectivity index (χ4v) is 8.96. The van der Waals surface area contributed by atoms with E-state index < -0.39 is 41.0 Å². The van der Waals surface area contributed by atoms with E-state index in [-0.39, 0.29) is 0 Å². The minimum absolute atomic E-state index is 0.776. The van der Waals surface area contributed by atoms with Crippen LogP contribution in [0.4, 0.5) is 0 Å². The summed E-state index contributed by atoms with van der Waals surface area (Å²) in [6, 6.07) is 0. The number of carbonyl (C=O) groups excluding carboxylic acids is 3. The van der Waals surface area contributed by atoms with Gasteiger partial charge in [0.1, 0.15) is 0 Å². The fraction of sp³-hybridized carbons (Fsp3) is 0.450. The molecule has 0 aliphatic heterocycles. The van der Waals surface area contributed by atoms with Crippen LogP contribution in [-0.4, -0.2) is 41.0 Å². The predicted octanol–water partition coefficient (Wildman–Crippen LogP) is 17.4. The van der Waals surface area contributed by atoms with Crippen LogP contribution in [0, 0.1) is 0 Å². The molecule has 0 radical (unpaired) electrons. The summed E-state index contributed by atoms with van der Waals surface area (Å²) in [7, 11) is 0. The Balaban J connectivity index is 5.07. The third kappa shape index (κ3) is 52.2. The number of allylic oxidation sites excluding steroid dienone is 27. The van der Waals surface area contributed by atoms with Gasteiger partial charge in [0, 0.05) is 0 Å². The molecule has 0 N–H and O–H groups in total. The zero-order valence-electron chi connectivity index (χ0n) is 41.7. The van der Waals surface area contributed by atoms with Crippen LogP contribution in [0.15, 0.2) is 182 Å². The SMILES string of the molecule is CCCCCCCCCC=CC=CC=CC=CC=CC(=O)[O][Bi]([O]C(=O)C=CC=CC=CC=CC=CCCCCCCCCC)[O]C(=O)C=CC=CC=CC=CC=CCCCCCCCCC. The molecule has 67 heavy (non-hydrogen) atoms. The van der Waals surface area contributed by atoms with Crippen molar-refractivity contribution in [2.75, 3.05) is 0 Å². The van der Waals surface area contributed by atoms with Gasteiger partial charge < -0.3 is 0 Å². The molecule has 0 aliphatic rings. The van der Waals surface area contributed by atoms with E-state index in [9.17, 15) is 14.4 Å². The van der Waals surface area contributed by atoms with Crippen LogP contribution >= 0.6 is 0 Å². The topological polar surface area (TPSA) is 78.9 Å². The van der Waals surface area contributed by atoms with Crippen molar-refractivity contribution in [3.63, 3.8) is 0 Å². The van der Waals surface area contributed by atoms with E-state index in [2.05, 4.69) is 57.2 Å². The minimum atomic E-state index is -4.34. The van der Waals surface area contributed by atoms with Gasteiger partial charge in [-0.2, -0.15) is 0 Å². The molecule has 0 bridgehead atoms. The monoisotopic (exact) mass is 1110 g/mol. The van der Waals surface area contributed by atoms with E-state index in [1.54, 1.807) is 36.5 Å². The van der Waals surface area contributed by atoms with Gasteiger partial charge in [0.05, 0.1) is 0 Å². The van der Waals surface area contributed by atoms with Crippen LogP contribution in [0.25, 0.3) is 0 Å². The van der Waals surface area contributed by atoms with Crippen LogP contribution in [0.2, 0.25) is 0 Å². The summed E-state index contributed by atoms with van der Waals surface area (Å²) in [6.45, 7) is 6.73. The van der Waals surface area contributed by atoms with Gasteiger partial charge in [-0.25, -0.2) is 0 Å². The zero-order chi connectivity index (χ0) is 48.6. The van der Waals surface area contributed by atoms with E-state index in [0.29, 0.717) is 0 Å². The van der Waals surface area contributed by atoms with Crippen molar-refractivity contribution in [3.8, 4) is 0 Å². The molecule has 368 valence electrons. The molecule has 0 spiro atoms. The van der Waals surface area contributed by atoms with Gasteiger partial charge in [-0.3, -0.25) is 0 Å². The molecule has 0 saturated carbocycles. The van der Waals surface area contributed by atoms with Gasteiger partial charge in [-0.05, 0) is 38.5 Å². The molecule has 0 heterocycles. The van der Waals surface area contributed by atoms with Crippen molar-refractivity contribution in [1.82, 2.24) is 0 Å². The molecule has 0 rings (SSSR count). The normalized spacial score (nSPS) is 13.3. The Hall–Kier alpha value is -4.61. The molecule has 0 unspecified atom stereocenters. The van der Waals surface area contributed by atoms with Crippen molar-refractivity contribution in [2.45, 2.75) is 175 Å². The number of hydrogen-bond donors (Lipinski definition) is 0. The number of hydrogen-bond acceptors (Lipinski definition) is 6. The van der Waals surface area contributed by atoms with Gasteiger partial charge in [-0.15, -0.1) is 0 Å². The first-order valence-corrected chi connectivity index (χ1v) is 29.7. The summed E-state index contributed by atoms with van der Waals surface area (Å²) in [5.41, 5.74) is 0. The van der Waals surface area contributed by atoms with Crippen LogP contribution in [-0.2, 0) is 22.8 Å². The molecule has 7 heteroatoms. The smallest absolute Gasteiger partial charge is 0.0654 e. The average molecular weight is 1110 g/mol. The van der Waals surface area contributed by atoms with Crippen molar-refractivity contribution >= 4 is 41.0 Å². The average Bonchev–Trinajstić information content (AvgIpc) is 3.32. The van der Waals surface area contributed by atoms with Gasteiger partial charge in [0.2, 0.25) is 0 Å². The van der Waals surface area contributed by atoms with Crippen LogP contribution in [0.5, 0.6) is 0 Å². The molecular formula is C60H87BiO6. The molecule has 6 nitrogen and oxygen atoms in total. The molecule has 0 atom stereocenters. The van der Waals surface area contributed by atoms with E-state index >= 15 is 0 Å². The zero-order valence-corrected chi connectivity index (χ0v) is 45.2. The number of rotatable bonds is 42. The summed E-state index contributed by atoms with van der Waals surface area (Å²) in [6.07, 6.45) is 85.0. The van der Waals surface area contributed by atoms with E-state index in [1.807, 2.05) is 72.9 Å². The molecule has 0 saturated heterocycles. The van der Waals surface area contributed by atoms with Gasteiger partial charge in [0.25, 0.3) is 0 Å². The van der Waals surface area contributed by atoms with E-state index in [1.165, 1.54) is 171 Å². The van der Waals surface area contributed by atoms with Gasteiger partial charge in [-0.1, -0.05) is 136 Å². The maximum absolute atomic E-state index is 12.6. The van der Waals surface area contributed by atoms with Crippen LogP contribution in [0.1, 0.15) is 175 Å². The third-order valence-corrected chi connectivity index (χ3v) is 13.7. The second-order valence-corrected chi connectivity index (χ2v) is 19.9. The number of carbonyl (C=O) groups is 3. The van der Waals surface area contributed by atoms with Crippen molar-refractivity contribution in [1.29, 1.82) is 0 Å². The standard InChI is InChI=1S/3C20H30O2.Bi/c3*1-2-3-4-5-6-7-8-9-10-11-12-13-14-15-16-17-18-19-20(21)22;/h3*10-19H,2-9H2,1H3,(H,21,22);/q;;;+3/p-3. The first-order chi connectivity index (χ1) is 33.0. The van der Waals surface area contributed by atoms with Gasteiger partial charge >= 0.3 is 246 Å². The van der Waals surface area contributed by atoms with Crippen molar-refractivity contribution < 1.29 is 22.8 Å². The molecule has 0 aromatic heterocycles. The van der Waals surface area contributed by atoms with E-state index in [0.717, 1.165) is 19.3 Å². The molecule has 0 aromatic carbocycles. The Morgan fingerprint density at radius 1 is 0.269 bits per heavy atom. The molecule has 0 fully saturated rings.